The number of unbranched alkanes of at least 4 members (excludes halogenated alkanes) is 1. The van der Waals surface area contributed by atoms with Crippen molar-refractivity contribution >= 4 is 5.69 Å². The average molecular weight is 251 g/mol. The normalized spacial score (nSPS) is 9.61. The van der Waals surface area contributed by atoms with E-state index in [0.29, 0.717) is 0 Å². The van der Waals surface area contributed by atoms with Gasteiger partial charge in [0.05, 0.1) is 12.8 Å². The molecule has 0 aliphatic heterocycles. The summed E-state index contributed by atoms with van der Waals surface area (Å²) in [6.45, 7) is 8.42. The summed E-state index contributed by atoms with van der Waals surface area (Å²) >= 11 is 0. The van der Waals surface area contributed by atoms with Gasteiger partial charge in [-0.05, 0) is 42.5 Å². The van der Waals surface area contributed by atoms with E-state index in [-0.39, 0.29) is 0 Å². The number of methoxy groups -OCH3 is 1. The van der Waals surface area contributed by atoms with Gasteiger partial charge in [-0.3, -0.25) is 0 Å². The molecule has 0 heterocycles. The van der Waals surface area contributed by atoms with Gasteiger partial charge in [0.15, 0.2) is 0 Å². The van der Waals surface area contributed by atoms with Gasteiger partial charge in [-0.25, -0.2) is 0 Å². The molecule has 0 bridgehead atoms. The van der Waals surface area contributed by atoms with Crippen molar-refractivity contribution in [3.63, 3.8) is 0 Å². The Morgan fingerprint density at radius 2 is 1.61 bits per heavy atom. The number of anilines is 1. The number of nitrogens with two attached hydrogens (primary N) is 1. The topological polar surface area (TPSA) is 35.2 Å². The first-order valence-electron chi connectivity index (χ1n) is 7.18. The summed E-state index contributed by atoms with van der Waals surface area (Å²) in [5.41, 5.74) is 9.48. The van der Waals surface area contributed by atoms with Crippen LogP contribution in [0.5, 0.6) is 5.75 Å². The van der Waals surface area contributed by atoms with Crippen LogP contribution in [0.25, 0.3) is 0 Å². The Labute approximate surface area is 113 Å². The molecule has 0 unspecified atom stereocenters. The number of nitrogen functional groups attached to an aromatic ring is 1. The van der Waals surface area contributed by atoms with Crippen LogP contribution in [-0.2, 0) is 12.8 Å². The Morgan fingerprint density at radius 3 is 2.11 bits per heavy atom. The lowest BCUT2D eigenvalue weighted by molar-refractivity contribution is 0.416. The molecule has 0 saturated heterocycles. The maximum Gasteiger partial charge on any atom is 0.142 e. The summed E-state index contributed by atoms with van der Waals surface area (Å²) in [4.78, 5) is 0. The fraction of sp³-hybridized carbons (Fsp3) is 0.625. The van der Waals surface area contributed by atoms with Crippen LogP contribution in [0.1, 0.15) is 58.1 Å². The van der Waals surface area contributed by atoms with Crippen molar-refractivity contribution in [1.29, 1.82) is 0 Å². The largest absolute Gasteiger partial charge is 0.495 e. The fourth-order valence-corrected chi connectivity index (χ4v) is 1.96. The van der Waals surface area contributed by atoms with Gasteiger partial charge in [-0.1, -0.05) is 40.5 Å². The minimum atomic E-state index is 0.758. The van der Waals surface area contributed by atoms with Gasteiger partial charge >= 0.3 is 0 Å². The molecular formula is C16H29NO. The average Bonchev–Trinajstić information content (AvgIpc) is 2.41. The molecule has 0 aliphatic carbocycles. The highest BCUT2D eigenvalue weighted by atomic mass is 16.5. The van der Waals surface area contributed by atoms with E-state index in [9.17, 15) is 0 Å². The predicted octanol–water partition coefficient (Wildman–Crippen LogP) is 4.60. The van der Waals surface area contributed by atoms with E-state index in [0.717, 1.165) is 30.7 Å². The molecule has 104 valence electrons. The van der Waals surface area contributed by atoms with E-state index >= 15 is 0 Å². The Hall–Kier alpha value is -1.18. The summed E-state index contributed by atoms with van der Waals surface area (Å²) in [6.07, 6.45) is 5.84. The molecule has 0 spiro atoms. The third-order valence-electron chi connectivity index (χ3n) is 2.87. The standard InChI is InChI=1S/C14H23NO.C2H6/c1-4-6-8-12-9-13(15)14(16-3)10-11(12)7-5-2;1-2/h9-10H,4-8,15H2,1-3H3;1-2H3. The molecule has 0 saturated carbocycles. The monoisotopic (exact) mass is 251 g/mol. The highest BCUT2D eigenvalue weighted by Crippen LogP contribution is 2.27. The molecule has 1 aromatic carbocycles. The van der Waals surface area contributed by atoms with E-state index < -0.39 is 0 Å². The molecule has 0 amide bonds. The van der Waals surface area contributed by atoms with E-state index in [1.54, 1.807) is 7.11 Å². The zero-order valence-corrected chi connectivity index (χ0v) is 12.7. The van der Waals surface area contributed by atoms with Crippen LogP contribution in [0.15, 0.2) is 12.1 Å². The third-order valence-corrected chi connectivity index (χ3v) is 2.87. The van der Waals surface area contributed by atoms with Crippen LogP contribution in [0.3, 0.4) is 0 Å². The number of rotatable bonds is 6. The highest BCUT2D eigenvalue weighted by molar-refractivity contribution is 5.57. The van der Waals surface area contributed by atoms with Gasteiger partial charge < -0.3 is 10.5 Å². The molecule has 0 fully saturated rings. The minimum Gasteiger partial charge on any atom is -0.495 e. The van der Waals surface area contributed by atoms with Gasteiger partial charge in [0.1, 0.15) is 5.75 Å². The van der Waals surface area contributed by atoms with Crippen LogP contribution >= 0.6 is 0 Å². The maximum absolute atomic E-state index is 5.94. The molecule has 2 N–H and O–H groups in total. The van der Waals surface area contributed by atoms with Crippen molar-refractivity contribution in [2.24, 2.45) is 0 Å². The smallest absolute Gasteiger partial charge is 0.142 e. The number of aryl methyl sites for hydroxylation is 2. The molecular weight excluding hydrogens is 222 g/mol. The number of ether oxygens (including phenoxy) is 1. The van der Waals surface area contributed by atoms with Gasteiger partial charge in [-0.2, -0.15) is 0 Å². The zero-order valence-electron chi connectivity index (χ0n) is 12.7. The Morgan fingerprint density at radius 1 is 1.00 bits per heavy atom. The van der Waals surface area contributed by atoms with Gasteiger partial charge in [0, 0.05) is 0 Å². The first-order valence-corrected chi connectivity index (χ1v) is 7.18. The Balaban J connectivity index is 0.00000137. The van der Waals surface area contributed by atoms with Crippen molar-refractivity contribution in [3.05, 3.63) is 23.3 Å². The third kappa shape index (κ3) is 4.99. The van der Waals surface area contributed by atoms with E-state index in [4.69, 9.17) is 10.5 Å². The lowest BCUT2D eigenvalue weighted by Crippen LogP contribution is -2.00. The van der Waals surface area contributed by atoms with E-state index in [1.807, 2.05) is 13.8 Å². The van der Waals surface area contributed by atoms with Crippen LogP contribution in [0, 0.1) is 0 Å². The van der Waals surface area contributed by atoms with Crippen molar-refractivity contribution in [2.45, 2.75) is 59.8 Å². The molecule has 0 aromatic heterocycles. The summed E-state index contributed by atoms with van der Waals surface area (Å²) in [7, 11) is 1.67. The summed E-state index contributed by atoms with van der Waals surface area (Å²) in [5.74, 6) is 0.809. The second-order valence-electron chi connectivity index (χ2n) is 4.22. The van der Waals surface area contributed by atoms with Crippen molar-refractivity contribution in [3.8, 4) is 5.75 Å². The van der Waals surface area contributed by atoms with Crippen LogP contribution in [0.2, 0.25) is 0 Å². The molecule has 0 radical (unpaired) electrons. The molecule has 1 aromatic rings. The van der Waals surface area contributed by atoms with Gasteiger partial charge in [0.25, 0.3) is 0 Å². The molecule has 0 atom stereocenters. The molecule has 0 aliphatic rings. The Kier molecular flexibility index (Phi) is 9.17. The molecule has 2 heteroatoms. The number of hydrogen-bond acceptors (Lipinski definition) is 2. The minimum absolute atomic E-state index is 0.758. The fourth-order valence-electron chi connectivity index (χ4n) is 1.96. The maximum atomic E-state index is 5.94. The van der Waals surface area contributed by atoms with Crippen LogP contribution in [-0.4, -0.2) is 7.11 Å². The first kappa shape index (κ1) is 16.8. The summed E-state index contributed by atoms with van der Waals surface area (Å²) in [6, 6.07) is 4.18. The zero-order chi connectivity index (χ0) is 14.0. The van der Waals surface area contributed by atoms with Gasteiger partial charge in [-0.15, -0.1) is 0 Å². The lowest BCUT2D eigenvalue weighted by atomic mass is 9.97. The van der Waals surface area contributed by atoms with Crippen LogP contribution < -0.4 is 10.5 Å². The SMILES string of the molecule is CC.CCCCc1cc(N)c(OC)cc1CCC. The Bertz CT molecular complexity index is 334. The number of benzene rings is 1. The van der Waals surface area contributed by atoms with E-state index in [1.165, 1.54) is 24.0 Å². The quantitative estimate of drug-likeness (QED) is 0.750. The van der Waals surface area contributed by atoms with Crippen LogP contribution in [0.4, 0.5) is 5.69 Å². The number of hydrogen-bond donors (Lipinski definition) is 1. The van der Waals surface area contributed by atoms with Crippen molar-refractivity contribution in [2.75, 3.05) is 12.8 Å². The lowest BCUT2D eigenvalue weighted by Gasteiger charge is -2.13. The first-order chi connectivity index (χ1) is 8.72. The van der Waals surface area contributed by atoms with Crippen molar-refractivity contribution < 1.29 is 4.74 Å². The molecule has 2 nitrogen and oxygen atoms in total. The second-order valence-corrected chi connectivity index (χ2v) is 4.22. The predicted molar refractivity (Wildman–Crippen MR) is 81.4 cm³/mol. The van der Waals surface area contributed by atoms with Gasteiger partial charge in [0.2, 0.25) is 0 Å². The molecule has 1 rings (SSSR count). The summed E-state index contributed by atoms with van der Waals surface area (Å²) < 4.78 is 5.27. The van der Waals surface area contributed by atoms with Crippen molar-refractivity contribution in [1.82, 2.24) is 0 Å². The molecule has 18 heavy (non-hydrogen) atoms. The van der Waals surface area contributed by atoms with E-state index in [2.05, 4.69) is 26.0 Å². The summed E-state index contributed by atoms with van der Waals surface area (Å²) in [5, 5.41) is 0. The highest BCUT2D eigenvalue weighted by Gasteiger charge is 2.07. The second kappa shape index (κ2) is 9.81.